The second-order valence-electron chi connectivity index (χ2n) is 6.97. The van der Waals surface area contributed by atoms with Crippen LogP contribution >= 0.6 is 0 Å². The Hall–Kier alpha value is 0.269. The van der Waals surface area contributed by atoms with E-state index >= 15 is 0 Å². The van der Waals surface area contributed by atoms with Crippen LogP contribution in [0.1, 0.15) is 111 Å². The molecule has 0 amide bonds. The van der Waals surface area contributed by atoms with Crippen molar-refractivity contribution in [2.75, 3.05) is 0 Å². The predicted octanol–water partition coefficient (Wildman–Crippen LogP) is 7.70. The van der Waals surface area contributed by atoms with Crippen molar-refractivity contribution >= 4 is 25.7 Å². The Morgan fingerprint density at radius 2 is 1.00 bits per heavy atom. The summed E-state index contributed by atoms with van der Waals surface area (Å²) < 4.78 is 5.04. The molecule has 0 aliphatic heterocycles. The molecule has 0 spiro atoms. The number of hydrogen-bond acceptors (Lipinski definition) is 1. The molecular formula is C21H45O2Sn. The van der Waals surface area contributed by atoms with E-state index in [9.17, 15) is 4.79 Å². The fourth-order valence-corrected chi connectivity index (χ4v) is 12.2. The first-order valence-electron chi connectivity index (χ1n) is 10.7. The normalized spacial score (nSPS) is 10.5. The summed E-state index contributed by atoms with van der Waals surface area (Å²) in [5.74, 6) is -0.666. The zero-order chi connectivity index (χ0) is 18.5. The van der Waals surface area contributed by atoms with Crippen LogP contribution in [-0.2, 0) is 4.79 Å². The van der Waals surface area contributed by atoms with Gasteiger partial charge in [0.05, 0.1) is 0 Å². The number of carbonyl (C=O) groups is 1. The summed E-state index contributed by atoms with van der Waals surface area (Å²) in [7, 11) is 0. The van der Waals surface area contributed by atoms with Crippen LogP contribution < -0.4 is 0 Å². The van der Waals surface area contributed by atoms with Crippen molar-refractivity contribution in [1.82, 2.24) is 0 Å². The molecule has 0 aromatic carbocycles. The molecule has 0 aliphatic rings. The van der Waals surface area contributed by atoms with Crippen LogP contribution in [0.15, 0.2) is 0 Å². The Morgan fingerprint density at radius 1 is 0.625 bits per heavy atom. The van der Waals surface area contributed by atoms with Crippen molar-refractivity contribution < 1.29 is 9.90 Å². The number of rotatable bonds is 16. The molecular weight excluding hydrogens is 403 g/mol. The quantitative estimate of drug-likeness (QED) is 0.194. The third kappa shape index (κ3) is 24.5. The minimum absolute atomic E-state index is 0.339. The minimum atomic E-state index is -0.839. The molecule has 2 nitrogen and oxygen atoms in total. The van der Waals surface area contributed by atoms with Gasteiger partial charge in [0.2, 0.25) is 0 Å². The van der Waals surface area contributed by atoms with Crippen molar-refractivity contribution in [1.29, 1.82) is 0 Å². The van der Waals surface area contributed by atoms with Crippen LogP contribution in [0.5, 0.6) is 0 Å². The monoisotopic (exact) mass is 449 g/mol. The second-order valence-corrected chi connectivity index (χ2v) is 15.5. The molecule has 0 atom stereocenters. The van der Waals surface area contributed by atoms with Gasteiger partial charge in [0.1, 0.15) is 0 Å². The van der Waals surface area contributed by atoms with Gasteiger partial charge < -0.3 is 5.11 Å². The zero-order valence-corrected chi connectivity index (χ0v) is 20.0. The van der Waals surface area contributed by atoms with E-state index in [-0.39, 0.29) is 0 Å². The van der Waals surface area contributed by atoms with E-state index in [0.717, 1.165) is 12.8 Å². The van der Waals surface area contributed by atoms with Gasteiger partial charge in [-0.25, -0.2) is 0 Å². The van der Waals surface area contributed by atoms with E-state index in [1.54, 1.807) is 13.3 Å². The average Bonchev–Trinajstić information content (AvgIpc) is 2.57. The van der Waals surface area contributed by atoms with E-state index in [2.05, 4.69) is 27.7 Å². The Bertz CT molecular complexity index is 225. The average molecular weight is 448 g/mol. The Kier molecular flexibility index (Phi) is 25.7. The summed E-state index contributed by atoms with van der Waals surface area (Å²) in [6.45, 7) is 9.18. The molecule has 3 heteroatoms. The summed E-state index contributed by atoms with van der Waals surface area (Å²) in [4.78, 5) is 10.1. The molecule has 0 rings (SSSR count). The van der Waals surface area contributed by atoms with E-state index in [0.29, 0.717) is 6.42 Å². The molecule has 0 saturated heterocycles. The Morgan fingerprint density at radius 3 is 1.38 bits per heavy atom. The van der Waals surface area contributed by atoms with Gasteiger partial charge in [0.25, 0.3) is 0 Å². The van der Waals surface area contributed by atoms with Crippen LogP contribution in [0, 0.1) is 0 Å². The fourth-order valence-electron chi connectivity index (χ4n) is 2.71. The van der Waals surface area contributed by atoms with Gasteiger partial charge in [-0.05, 0) is 6.42 Å². The predicted molar refractivity (Wildman–Crippen MR) is 111 cm³/mol. The van der Waals surface area contributed by atoms with Crippen LogP contribution in [0.25, 0.3) is 0 Å². The van der Waals surface area contributed by atoms with Gasteiger partial charge in [-0.3, -0.25) is 4.79 Å². The number of carboxylic acid groups (broad SMARTS) is 1. The molecule has 0 aliphatic carbocycles. The number of unbranched alkanes of at least 4 members (excludes halogenated alkanes) is 8. The van der Waals surface area contributed by atoms with Crippen LogP contribution in [0.2, 0.25) is 13.3 Å². The van der Waals surface area contributed by atoms with Gasteiger partial charge >= 0.3 is 98.3 Å². The molecule has 0 heterocycles. The molecule has 145 valence electrons. The van der Waals surface area contributed by atoms with Crippen molar-refractivity contribution in [3.8, 4) is 0 Å². The van der Waals surface area contributed by atoms with E-state index < -0.39 is 25.7 Å². The number of aliphatic carboxylic acids is 1. The first-order valence-corrected chi connectivity index (χ1v) is 16.7. The molecule has 1 radical (unpaired) electrons. The molecule has 0 fully saturated rings. The number of hydrogen-bond donors (Lipinski definition) is 1. The van der Waals surface area contributed by atoms with Crippen LogP contribution in [0.4, 0.5) is 0 Å². The third-order valence-corrected chi connectivity index (χ3v) is 13.5. The van der Waals surface area contributed by atoms with Gasteiger partial charge in [0.15, 0.2) is 0 Å². The maximum atomic E-state index is 10.1. The summed E-state index contributed by atoms with van der Waals surface area (Å²) in [6.07, 6.45) is 16.1. The standard InChI is InChI=1S/C9H18O2.3C4H9.Sn/c1-2-3-4-5-6-7-8-9(10)11;3*1-3-4-2;/h2-8H2,1H3,(H,10,11);3*1,3-4H2,2H3;. The van der Waals surface area contributed by atoms with Crippen molar-refractivity contribution in [2.24, 2.45) is 0 Å². The summed E-state index contributed by atoms with van der Waals surface area (Å²) >= 11 is -0.839. The molecule has 0 aromatic heterocycles. The zero-order valence-electron chi connectivity index (χ0n) is 17.2. The summed E-state index contributed by atoms with van der Waals surface area (Å²) in [5, 5.41) is 8.32. The Labute approximate surface area is 159 Å². The molecule has 0 bridgehead atoms. The van der Waals surface area contributed by atoms with Gasteiger partial charge in [-0.15, -0.1) is 0 Å². The molecule has 24 heavy (non-hydrogen) atoms. The topological polar surface area (TPSA) is 37.3 Å². The maximum absolute atomic E-state index is 10.1. The van der Waals surface area contributed by atoms with Gasteiger partial charge in [0, 0.05) is 6.42 Å². The summed E-state index contributed by atoms with van der Waals surface area (Å²) in [6, 6.07) is 0. The summed E-state index contributed by atoms with van der Waals surface area (Å²) in [5.41, 5.74) is 0. The van der Waals surface area contributed by atoms with Gasteiger partial charge in [-0.1, -0.05) is 39.0 Å². The second kappa shape index (κ2) is 23.3. The first-order chi connectivity index (χ1) is 11.6. The van der Waals surface area contributed by atoms with Gasteiger partial charge in [-0.2, -0.15) is 0 Å². The molecule has 0 aromatic rings. The fraction of sp³-hybridized carbons (Fsp3) is 0.952. The van der Waals surface area contributed by atoms with Crippen LogP contribution in [0.3, 0.4) is 0 Å². The van der Waals surface area contributed by atoms with E-state index in [1.165, 1.54) is 64.2 Å². The van der Waals surface area contributed by atoms with E-state index in [4.69, 9.17) is 5.11 Å². The first kappa shape index (κ1) is 26.5. The third-order valence-electron chi connectivity index (χ3n) is 4.40. The molecule has 0 saturated carbocycles. The van der Waals surface area contributed by atoms with Crippen molar-refractivity contribution in [3.05, 3.63) is 0 Å². The molecule has 1 N–H and O–H groups in total. The van der Waals surface area contributed by atoms with E-state index in [1.807, 2.05) is 0 Å². The number of carboxylic acids is 1. The molecule has 0 unspecified atom stereocenters. The van der Waals surface area contributed by atoms with Crippen molar-refractivity contribution in [2.45, 2.75) is 124 Å². The SMILES string of the molecule is CCCCCCCCC(=O)O.CCC[CH2][Sn]([CH2]CCC)[CH2]CCC. The van der Waals surface area contributed by atoms with Crippen molar-refractivity contribution in [3.63, 3.8) is 0 Å². The Balaban J connectivity index is 0. The van der Waals surface area contributed by atoms with Crippen LogP contribution in [-0.4, -0.2) is 30.8 Å².